The van der Waals surface area contributed by atoms with Crippen molar-refractivity contribution in [2.75, 3.05) is 12.3 Å². The number of rotatable bonds is 9. The molecule has 0 saturated carbocycles. The lowest BCUT2D eigenvalue weighted by Crippen LogP contribution is -2.45. The zero-order valence-electron chi connectivity index (χ0n) is 19.1. The number of primary amides is 1. The van der Waals surface area contributed by atoms with Gasteiger partial charge in [0.1, 0.15) is 11.9 Å². The number of nitrogens with zero attached hydrogens (tertiary/aromatic N) is 2. The fraction of sp³-hybridized carbons (Fsp3) is 0.308. The van der Waals surface area contributed by atoms with Crippen LogP contribution in [0.3, 0.4) is 0 Å². The molecule has 34 heavy (non-hydrogen) atoms. The SMILES string of the molecule is CCCCOC(=O)CC[C@@H](C(N)=O)N1Cc2cc(-c3cc4ccccc4c(N)n3)ccc2C1=O. The number of amides is 2. The van der Waals surface area contributed by atoms with Crippen molar-refractivity contribution in [2.24, 2.45) is 5.73 Å². The Kier molecular flexibility index (Phi) is 6.77. The number of aromatic nitrogens is 1. The highest BCUT2D eigenvalue weighted by molar-refractivity contribution is 6.02. The summed E-state index contributed by atoms with van der Waals surface area (Å²) in [5, 5.41) is 1.86. The number of ether oxygens (including phenoxy) is 1. The highest BCUT2D eigenvalue weighted by atomic mass is 16.5. The van der Waals surface area contributed by atoms with Crippen molar-refractivity contribution < 1.29 is 19.1 Å². The number of unbranched alkanes of at least 4 members (excludes halogenated alkanes) is 1. The summed E-state index contributed by atoms with van der Waals surface area (Å²) in [6.45, 7) is 2.58. The van der Waals surface area contributed by atoms with Crippen LogP contribution in [-0.2, 0) is 20.9 Å². The van der Waals surface area contributed by atoms with Gasteiger partial charge in [-0.2, -0.15) is 0 Å². The molecule has 2 aromatic carbocycles. The summed E-state index contributed by atoms with van der Waals surface area (Å²) in [6, 6.07) is 14.3. The van der Waals surface area contributed by atoms with E-state index in [1.807, 2.05) is 49.4 Å². The average Bonchev–Trinajstić information content (AvgIpc) is 3.14. The summed E-state index contributed by atoms with van der Waals surface area (Å²) in [5.41, 5.74) is 14.6. The number of esters is 1. The first-order valence-electron chi connectivity index (χ1n) is 11.4. The van der Waals surface area contributed by atoms with E-state index in [9.17, 15) is 14.4 Å². The minimum Gasteiger partial charge on any atom is -0.466 e. The van der Waals surface area contributed by atoms with Crippen LogP contribution in [0.2, 0.25) is 0 Å². The van der Waals surface area contributed by atoms with Crippen LogP contribution in [0.15, 0.2) is 48.5 Å². The number of nitrogen functional groups attached to an aromatic ring is 1. The molecule has 1 aliphatic heterocycles. The maximum atomic E-state index is 13.0. The van der Waals surface area contributed by atoms with Crippen LogP contribution >= 0.6 is 0 Å². The van der Waals surface area contributed by atoms with Crippen LogP contribution in [0.4, 0.5) is 5.82 Å². The first kappa shape index (κ1) is 23.2. The molecule has 0 fully saturated rings. The number of pyridine rings is 1. The van der Waals surface area contributed by atoms with E-state index in [-0.39, 0.29) is 25.3 Å². The van der Waals surface area contributed by atoms with Gasteiger partial charge in [0.2, 0.25) is 5.91 Å². The lowest BCUT2D eigenvalue weighted by Gasteiger charge is -2.24. The van der Waals surface area contributed by atoms with Crippen LogP contribution in [0.1, 0.15) is 48.5 Å². The van der Waals surface area contributed by atoms with Crippen molar-refractivity contribution in [2.45, 2.75) is 45.2 Å². The lowest BCUT2D eigenvalue weighted by molar-refractivity contribution is -0.144. The summed E-state index contributed by atoms with van der Waals surface area (Å²) >= 11 is 0. The third kappa shape index (κ3) is 4.71. The largest absolute Gasteiger partial charge is 0.466 e. The van der Waals surface area contributed by atoms with Gasteiger partial charge in [-0.05, 0) is 42.0 Å². The van der Waals surface area contributed by atoms with Crippen LogP contribution in [0.25, 0.3) is 22.0 Å². The summed E-state index contributed by atoms with van der Waals surface area (Å²) in [5.74, 6) is -0.889. The van der Waals surface area contributed by atoms with Gasteiger partial charge in [0, 0.05) is 29.5 Å². The van der Waals surface area contributed by atoms with E-state index in [1.165, 1.54) is 4.90 Å². The second kappa shape index (κ2) is 9.91. The van der Waals surface area contributed by atoms with E-state index in [4.69, 9.17) is 16.2 Å². The molecule has 0 bridgehead atoms. The number of carbonyl (C=O) groups is 3. The van der Waals surface area contributed by atoms with E-state index in [2.05, 4.69) is 4.98 Å². The molecule has 0 spiro atoms. The topological polar surface area (TPSA) is 129 Å². The number of hydrogen-bond donors (Lipinski definition) is 2. The van der Waals surface area contributed by atoms with Gasteiger partial charge in [-0.3, -0.25) is 14.4 Å². The van der Waals surface area contributed by atoms with E-state index in [0.29, 0.717) is 23.7 Å². The maximum Gasteiger partial charge on any atom is 0.305 e. The molecule has 0 aliphatic carbocycles. The Hall–Kier alpha value is -3.94. The summed E-state index contributed by atoms with van der Waals surface area (Å²) in [7, 11) is 0. The molecule has 8 heteroatoms. The lowest BCUT2D eigenvalue weighted by atomic mass is 10.0. The molecule has 1 aliphatic rings. The van der Waals surface area contributed by atoms with Crippen LogP contribution in [-0.4, -0.2) is 40.3 Å². The molecule has 1 aromatic heterocycles. The van der Waals surface area contributed by atoms with Crippen LogP contribution < -0.4 is 11.5 Å². The number of anilines is 1. The van der Waals surface area contributed by atoms with Gasteiger partial charge in [0.05, 0.1) is 12.3 Å². The Labute approximate surface area is 197 Å². The standard InChI is InChI=1S/C26H28N4O4/c1-2-3-12-34-23(31)11-10-22(25(28)32)30-15-18-13-17(8-9-20(18)26(30)33)21-14-16-6-4-5-7-19(16)24(27)29-21/h4-9,13-14,22H,2-3,10-12,15H2,1H3,(H2,27,29)(H2,28,32)/t22-/m0/s1. The van der Waals surface area contributed by atoms with Crippen molar-refractivity contribution in [1.82, 2.24) is 9.88 Å². The van der Waals surface area contributed by atoms with Crippen molar-refractivity contribution in [3.8, 4) is 11.3 Å². The first-order valence-corrected chi connectivity index (χ1v) is 11.4. The molecule has 0 saturated heterocycles. The van der Waals surface area contributed by atoms with Crippen molar-refractivity contribution in [3.63, 3.8) is 0 Å². The third-order valence-corrected chi connectivity index (χ3v) is 6.09. The molecule has 2 heterocycles. The predicted molar refractivity (Wildman–Crippen MR) is 130 cm³/mol. The molecule has 176 valence electrons. The Bertz CT molecular complexity index is 1260. The quantitative estimate of drug-likeness (QED) is 0.372. The number of benzene rings is 2. The molecule has 4 rings (SSSR count). The van der Waals surface area contributed by atoms with Gasteiger partial charge < -0.3 is 21.1 Å². The van der Waals surface area contributed by atoms with Crippen molar-refractivity contribution >= 4 is 34.4 Å². The molecule has 4 N–H and O–H groups in total. The predicted octanol–water partition coefficient (Wildman–Crippen LogP) is 3.42. The first-order chi connectivity index (χ1) is 16.4. The number of nitrogens with two attached hydrogens (primary N) is 2. The van der Waals surface area contributed by atoms with Gasteiger partial charge in [-0.15, -0.1) is 0 Å². The number of fused-ring (bicyclic) bond motifs is 2. The van der Waals surface area contributed by atoms with Gasteiger partial charge in [-0.1, -0.05) is 43.7 Å². The van der Waals surface area contributed by atoms with E-state index in [0.717, 1.165) is 34.7 Å². The smallest absolute Gasteiger partial charge is 0.305 e. The Morgan fingerprint density at radius 1 is 1.18 bits per heavy atom. The van der Waals surface area contributed by atoms with Crippen molar-refractivity contribution in [1.29, 1.82) is 0 Å². The van der Waals surface area contributed by atoms with E-state index in [1.54, 1.807) is 6.07 Å². The number of hydrogen-bond acceptors (Lipinski definition) is 6. The molecular weight excluding hydrogens is 432 g/mol. The average molecular weight is 461 g/mol. The van der Waals surface area contributed by atoms with Crippen LogP contribution in [0, 0.1) is 0 Å². The summed E-state index contributed by atoms with van der Waals surface area (Å²) in [6.07, 6.45) is 1.84. The van der Waals surface area contributed by atoms with E-state index >= 15 is 0 Å². The zero-order chi connectivity index (χ0) is 24.2. The highest BCUT2D eigenvalue weighted by Crippen LogP contribution is 2.32. The van der Waals surface area contributed by atoms with Crippen molar-refractivity contribution in [3.05, 3.63) is 59.7 Å². The van der Waals surface area contributed by atoms with Gasteiger partial charge in [0.25, 0.3) is 5.91 Å². The monoisotopic (exact) mass is 460 g/mol. The highest BCUT2D eigenvalue weighted by Gasteiger charge is 2.36. The molecule has 1 atom stereocenters. The summed E-state index contributed by atoms with van der Waals surface area (Å²) in [4.78, 5) is 43.1. The zero-order valence-corrected chi connectivity index (χ0v) is 19.1. The van der Waals surface area contributed by atoms with Gasteiger partial charge >= 0.3 is 5.97 Å². The second-order valence-corrected chi connectivity index (χ2v) is 8.45. The molecule has 0 unspecified atom stereocenters. The molecular formula is C26H28N4O4. The van der Waals surface area contributed by atoms with Gasteiger partial charge in [-0.25, -0.2) is 4.98 Å². The summed E-state index contributed by atoms with van der Waals surface area (Å²) < 4.78 is 5.16. The Balaban J connectivity index is 1.53. The maximum absolute atomic E-state index is 13.0. The molecule has 3 aromatic rings. The third-order valence-electron chi connectivity index (χ3n) is 6.09. The molecule has 0 radical (unpaired) electrons. The molecule has 2 amide bonds. The fourth-order valence-electron chi connectivity index (χ4n) is 4.24. The fourth-order valence-corrected chi connectivity index (χ4v) is 4.24. The Morgan fingerprint density at radius 3 is 2.74 bits per heavy atom. The normalized spacial score (nSPS) is 13.7. The van der Waals surface area contributed by atoms with Gasteiger partial charge in [0.15, 0.2) is 0 Å². The Morgan fingerprint density at radius 2 is 1.97 bits per heavy atom. The molecule has 8 nitrogen and oxygen atoms in total. The second-order valence-electron chi connectivity index (χ2n) is 8.45. The van der Waals surface area contributed by atoms with E-state index < -0.39 is 17.9 Å². The van der Waals surface area contributed by atoms with Crippen LogP contribution in [0.5, 0.6) is 0 Å². The minimum absolute atomic E-state index is 0.0168. The minimum atomic E-state index is -0.892. The number of carbonyl (C=O) groups excluding carboxylic acids is 3.